The van der Waals surface area contributed by atoms with Crippen LogP contribution in [0.3, 0.4) is 0 Å². The van der Waals surface area contributed by atoms with Gasteiger partial charge in [0.15, 0.2) is 0 Å². The van der Waals surface area contributed by atoms with Gasteiger partial charge in [0.1, 0.15) is 5.75 Å². The molecule has 4 nitrogen and oxygen atoms in total. The quantitative estimate of drug-likeness (QED) is 0.858. The molecule has 1 amide bonds. The molecule has 0 aliphatic carbocycles. The minimum absolute atomic E-state index is 0.0888. The van der Waals surface area contributed by atoms with Crippen LogP contribution in [0, 0.1) is 5.92 Å². The second-order valence-corrected chi connectivity index (χ2v) is 4.60. The van der Waals surface area contributed by atoms with Crippen molar-refractivity contribution in [2.45, 2.75) is 19.9 Å². The summed E-state index contributed by atoms with van der Waals surface area (Å²) in [6.07, 6.45) is 0.466. The minimum atomic E-state index is 0.0888. The van der Waals surface area contributed by atoms with Gasteiger partial charge in [-0.1, -0.05) is 12.1 Å². The van der Waals surface area contributed by atoms with Gasteiger partial charge in [0.25, 0.3) is 0 Å². The summed E-state index contributed by atoms with van der Waals surface area (Å²) in [6.45, 7) is 3.96. The topological polar surface area (TPSA) is 49.8 Å². The summed E-state index contributed by atoms with van der Waals surface area (Å²) in [6, 6.07) is 7.79. The zero-order chi connectivity index (χ0) is 13.0. The Morgan fingerprint density at radius 1 is 1.39 bits per heavy atom. The number of ether oxygens (including phenoxy) is 1. The van der Waals surface area contributed by atoms with Crippen LogP contribution in [0.5, 0.6) is 5.75 Å². The lowest BCUT2D eigenvalue weighted by Gasteiger charge is -2.16. The maximum absolute atomic E-state index is 11.7. The average Bonchev–Trinajstić information content (AvgIpc) is 2.73. The van der Waals surface area contributed by atoms with E-state index in [0.717, 1.165) is 11.3 Å². The third kappa shape index (κ3) is 3.01. The van der Waals surface area contributed by atoms with Gasteiger partial charge in [-0.2, -0.15) is 0 Å². The normalized spacial score (nSPS) is 19.3. The number of aliphatic hydroxyl groups is 1. The van der Waals surface area contributed by atoms with Crippen LogP contribution in [0.2, 0.25) is 0 Å². The number of likely N-dealkylation sites (tertiary alicyclic amines) is 1. The van der Waals surface area contributed by atoms with Crippen LogP contribution in [0.4, 0.5) is 0 Å². The Morgan fingerprint density at radius 3 is 2.67 bits per heavy atom. The molecule has 0 spiro atoms. The first-order chi connectivity index (χ1) is 8.72. The summed E-state index contributed by atoms with van der Waals surface area (Å²) in [5, 5.41) is 9.07. The van der Waals surface area contributed by atoms with Gasteiger partial charge < -0.3 is 14.7 Å². The summed E-state index contributed by atoms with van der Waals surface area (Å²) in [5.74, 6) is 1.07. The van der Waals surface area contributed by atoms with Crippen molar-refractivity contribution in [1.29, 1.82) is 0 Å². The minimum Gasteiger partial charge on any atom is -0.494 e. The molecule has 1 aromatic rings. The van der Waals surface area contributed by atoms with E-state index in [1.165, 1.54) is 0 Å². The molecule has 1 N–H and O–H groups in total. The van der Waals surface area contributed by atoms with E-state index in [1.807, 2.05) is 31.2 Å². The lowest BCUT2D eigenvalue weighted by Crippen LogP contribution is -2.24. The summed E-state index contributed by atoms with van der Waals surface area (Å²) >= 11 is 0. The molecule has 1 aliphatic heterocycles. The highest BCUT2D eigenvalue weighted by molar-refractivity contribution is 5.78. The number of rotatable bonds is 5. The molecule has 0 saturated carbocycles. The molecule has 1 fully saturated rings. The number of carbonyl (C=O) groups is 1. The highest BCUT2D eigenvalue weighted by Gasteiger charge is 2.28. The molecular formula is C14H19NO3. The highest BCUT2D eigenvalue weighted by atomic mass is 16.5. The summed E-state index contributed by atoms with van der Waals surface area (Å²) < 4.78 is 5.37. The molecule has 4 heteroatoms. The second kappa shape index (κ2) is 5.87. The van der Waals surface area contributed by atoms with Crippen molar-refractivity contribution in [2.75, 3.05) is 19.8 Å². The van der Waals surface area contributed by atoms with Gasteiger partial charge in [0.05, 0.1) is 6.61 Å². The van der Waals surface area contributed by atoms with Gasteiger partial charge in [-0.15, -0.1) is 0 Å². The molecule has 18 heavy (non-hydrogen) atoms. The van der Waals surface area contributed by atoms with Gasteiger partial charge in [-0.25, -0.2) is 0 Å². The van der Waals surface area contributed by atoms with Crippen LogP contribution in [0.15, 0.2) is 24.3 Å². The number of aliphatic hydroxyl groups excluding tert-OH is 1. The van der Waals surface area contributed by atoms with E-state index in [1.54, 1.807) is 4.90 Å². The monoisotopic (exact) mass is 249 g/mol. The molecule has 98 valence electrons. The molecule has 1 unspecified atom stereocenters. The van der Waals surface area contributed by atoms with Crippen LogP contribution < -0.4 is 4.74 Å². The Balaban J connectivity index is 1.95. The van der Waals surface area contributed by atoms with Crippen LogP contribution in [-0.2, 0) is 11.3 Å². The predicted molar refractivity (Wildman–Crippen MR) is 68.2 cm³/mol. The van der Waals surface area contributed by atoms with E-state index in [9.17, 15) is 4.79 Å². The van der Waals surface area contributed by atoms with E-state index in [4.69, 9.17) is 9.84 Å². The molecule has 0 radical (unpaired) electrons. The number of hydrogen-bond donors (Lipinski definition) is 1. The number of carbonyl (C=O) groups excluding carboxylic acids is 1. The largest absolute Gasteiger partial charge is 0.494 e. The fourth-order valence-electron chi connectivity index (χ4n) is 2.21. The van der Waals surface area contributed by atoms with Gasteiger partial charge in [-0.3, -0.25) is 4.79 Å². The number of benzene rings is 1. The maximum atomic E-state index is 11.7. The van der Waals surface area contributed by atoms with Crippen LogP contribution in [0.25, 0.3) is 0 Å². The number of nitrogens with zero attached hydrogens (tertiary/aromatic N) is 1. The SMILES string of the molecule is CCOc1ccc(CN2CC(CO)CC2=O)cc1. The Hall–Kier alpha value is -1.55. The lowest BCUT2D eigenvalue weighted by molar-refractivity contribution is -0.128. The van der Waals surface area contributed by atoms with Gasteiger partial charge >= 0.3 is 0 Å². The summed E-state index contributed by atoms with van der Waals surface area (Å²) in [4.78, 5) is 13.5. The van der Waals surface area contributed by atoms with Crippen molar-refractivity contribution < 1.29 is 14.6 Å². The average molecular weight is 249 g/mol. The molecule has 2 rings (SSSR count). The first-order valence-corrected chi connectivity index (χ1v) is 6.33. The zero-order valence-electron chi connectivity index (χ0n) is 10.6. The molecule has 0 aromatic heterocycles. The Labute approximate surface area is 107 Å². The first kappa shape index (κ1) is 12.9. The van der Waals surface area contributed by atoms with E-state index in [2.05, 4.69) is 0 Å². The van der Waals surface area contributed by atoms with Crippen molar-refractivity contribution in [3.05, 3.63) is 29.8 Å². The fourth-order valence-corrected chi connectivity index (χ4v) is 2.21. The summed E-state index contributed by atoms with van der Waals surface area (Å²) in [7, 11) is 0. The molecular weight excluding hydrogens is 230 g/mol. The molecule has 1 aliphatic rings. The van der Waals surface area contributed by atoms with Crippen LogP contribution in [-0.4, -0.2) is 35.7 Å². The first-order valence-electron chi connectivity index (χ1n) is 6.33. The van der Waals surface area contributed by atoms with E-state index in [-0.39, 0.29) is 18.4 Å². The van der Waals surface area contributed by atoms with E-state index >= 15 is 0 Å². The smallest absolute Gasteiger partial charge is 0.223 e. The molecule has 1 saturated heterocycles. The maximum Gasteiger partial charge on any atom is 0.223 e. The highest BCUT2D eigenvalue weighted by Crippen LogP contribution is 2.20. The number of amides is 1. The molecule has 1 atom stereocenters. The van der Waals surface area contributed by atoms with Crippen molar-refractivity contribution in [2.24, 2.45) is 5.92 Å². The van der Waals surface area contributed by atoms with Crippen LogP contribution >= 0.6 is 0 Å². The lowest BCUT2D eigenvalue weighted by atomic mass is 10.1. The van der Waals surface area contributed by atoms with Crippen molar-refractivity contribution in [3.8, 4) is 5.75 Å². The third-order valence-electron chi connectivity index (χ3n) is 3.16. The Bertz CT molecular complexity index is 402. The number of hydrogen-bond acceptors (Lipinski definition) is 3. The van der Waals surface area contributed by atoms with Gasteiger partial charge in [0.2, 0.25) is 5.91 Å². The Morgan fingerprint density at radius 2 is 2.11 bits per heavy atom. The van der Waals surface area contributed by atoms with E-state index in [0.29, 0.717) is 26.1 Å². The molecule has 1 aromatic carbocycles. The van der Waals surface area contributed by atoms with Gasteiger partial charge in [-0.05, 0) is 24.6 Å². The third-order valence-corrected chi connectivity index (χ3v) is 3.16. The van der Waals surface area contributed by atoms with Crippen molar-refractivity contribution in [3.63, 3.8) is 0 Å². The molecule has 0 bridgehead atoms. The zero-order valence-corrected chi connectivity index (χ0v) is 10.6. The van der Waals surface area contributed by atoms with Crippen molar-refractivity contribution >= 4 is 5.91 Å². The van der Waals surface area contributed by atoms with Crippen molar-refractivity contribution in [1.82, 2.24) is 4.90 Å². The predicted octanol–water partition coefficient (Wildman–Crippen LogP) is 1.43. The standard InChI is InChI=1S/C14H19NO3/c1-2-18-13-5-3-11(4-6-13)8-15-9-12(10-16)7-14(15)17/h3-6,12,16H,2,7-10H2,1H3. The molecule has 1 heterocycles. The summed E-state index contributed by atoms with van der Waals surface area (Å²) in [5.41, 5.74) is 1.09. The van der Waals surface area contributed by atoms with Gasteiger partial charge in [0, 0.05) is 32.0 Å². The Kier molecular flexibility index (Phi) is 4.20. The van der Waals surface area contributed by atoms with E-state index < -0.39 is 0 Å². The fraction of sp³-hybridized carbons (Fsp3) is 0.500. The second-order valence-electron chi connectivity index (χ2n) is 4.60. The van der Waals surface area contributed by atoms with Crippen LogP contribution in [0.1, 0.15) is 18.9 Å².